The Bertz CT molecular complexity index is 476. The van der Waals surface area contributed by atoms with E-state index in [1.54, 1.807) is 0 Å². The van der Waals surface area contributed by atoms with Crippen LogP contribution in [0.5, 0.6) is 0 Å². The lowest BCUT2D eigenvalue weighted by Crippen LogP contribution is -2.48. The maximum absolute atomic E-state index is 6.06. The second-order valence-corrected chi connectivity index (χ2v) is 8.86. The summed E-state index contributed by atoms with van der Waals surface area (Å²) in [6.45, 7) is 14.0. The van der Waals surface area contributed by atoms with Gasteiger partial charge in [-0.05, 0) is 51.4 Å². The first-order valence-corrected chi connectivity index (χ1v) is 11.6. The van der Waals surface area contributed by atoms with E-state index < -0.39 is 8.80 Å². The minimum absolute atomic E-state index is 0. The second kappa shape index (κ2) is 15.1. The molecule has 0 saturated heterocycles. The molecule has 0 heterocycles. The Morgan fingerprint density at radius 3 is 2.07 bits per heavy atom. The van der Waals surface area contributed by atoms with Gasteiger partial charge in [-0.3, -0.25) is 0 Å². The van der Waals surface area contributed by atoms with E-state index in [4.69, 9.17) is 19.0 Å². The fourth-order valence-corrected chi connectivity index (χ4v) is 6.02. The van der Waals surface area contributed by atoms with Crippen LogP contribution in [0.1, 0.15) is 32.8 Å². The Kier molecular flexibility index (Phi) is 14.6. The molecule has 0 amide bonds. The molecule has 1 aromatic rings. The van der Waals surface area contributed by atoms with Crippen LogP contribution in [0.15, 0.2) is 43.1 Å². The highest BCUT2D eigenvalue weighted by molar-refractivity contribution is 6.60. The van der Waals surface area contributed by atoms with Gasteiger partial charge in [0.05, 0.1) is 0 Å². The number of halogens is 1. The van der Waals surface area contributed by atoms with Crippen molar-refractivity contribution in [2.75, 3.05) is 32.9 Å². The summed E-state index contributed by atoms with van der Waals surface area (Å²) in [5.74, 6) is 0.296. The van der Waals surface area contributed by atoms with Gasteiger partial charge in [0.25, 0.3) is 0 Å². The van der Waals surface area contributed by atoms with E-state index in [2.05, 4.69) is 35.7 Å². The van der Waals surface area contributed by atoms with Gasteiger partial charge in [-0.2, -0.15) is 0 Å². The number of nitrogens with two attached hydrogens (primary N) is 1. The van der Waals surface area contributed by atoms with Crippen molar-refractivity contribution in [2.24, 2.45) is 11.7 Å². The van der Waals surface area contributed by atoms with Gasteiger partial charge in [-0.25, -0.2) is 0 Å². The van der Waals surface area contributed by atoms with E-state index in [0.29, 0.717) is 32.3 Å². The molecule has 0 bridgehead atoms. The van der Waals surface area contributed by atoms with Gasteiger partial charge in [0, 0.05) is 39.0 Å². The molecular weight excluding hydrogens is 380 g/mol. The quantitative estimate of drug-likeness (QED) is 0.437. The highest BCUT2D eigenvalue weighted by Gasteiger charge is 2.42. The van der Waals surface area contributed by atoms with Gasteiger partial charge < -0.3 is 23.9 Å². The Balaban J connectivity index is 0.00000676. The summed E-state index contributed by atoms with van der Waals surface area (Å²) in [7, 11) is -2.66. The van der Waals surface area contributed by atoms with E-state index in [9.17, 15) is 0 Å². The lowest BCUT2D eigenvalue weighted by atomic mass is 10.1. The van der Waals surface area contributed by atoms with E-state index in [0.717, 1.165) is 25.6 Å². The molecule has 0 aliphatic rings. The molecule has 1 atom stereocenters. The third-order valence-corrected chi connectivity index (χ3v) is 7.54. The van der Waals surface area contributed by atoms with Gasteiger partial charge in [0.15, 0.2) is 0 Å². The minimum atomic E-state index is -2.66. The topological polar surface area (TPSA) is 57.0 Å². The third-order valence-electron chi connectivity index (χ3n) is 4.28. The van der Waals surface area contributed by atoms with Gasteiger partial charge >= 0.3 is 8.80 Å². The summed E-state index contributed by atoms with van der Waals surface area (Å²) < 4.78 is 17.9. The smallest absolute Gasteiger partial charge is 0.374 e. The summed E-state index contributed by atoms with van der Waals surface area (Å²) in [5.41, 5.74) is 7.34. The zero-order chi connectivity index (χ0) is 19.3. The van der Waals surface area contributed by atoms with Crippen LogP contribution in [0.4, 0.5) is 0 Å². The van der Waals surface area contributed by atoms with Crippen molar-refractivity contribution in [3.05, 3.63) is 48.7 Å². The lowest BCUT2D eigenvalue weighted by Gasteiger charge is -2.32. The van der Waals surface area contributed by atoms with Gasteiger partial charge in [-0.1, -0.05) is 36.9 Å². The van der Waals surface area contributed by atoms with Crippen molar-refractivity contribution in [1.29, 1.82) is 0 Å². The first kappa shape index (κ1) is 26.1. The molecule has 0 aliphatic heterocycles. The number of rotatable bonds is 15. The van der Waals surface area contributed by atoms with Crippen LogP contribution in [-0.4, -0.2) is 46.6 Å². The first-order chi connectivity index (χ1) is 12.6. The predicted molar refractivity (Wildman–Crippen MR) is 117 cm³/mol. The number of hydrogen-bond donors (Lipinski definition) is 1. The van der Waals surface area contributed by atoms with Crippen LogP contribution in [0.3, 0.4) is 0 Å². The average molecular weight is 417 g/mol. The molecule has 0 fully saturated rings. The number of benzene rings is 1. The summed E-state index contributed by atoms with van der Waals surface area (Å²) in [6.07, 6.45) is 2.86. The maximum atomic E-state index is 6.06. The van der Waals surface area contributed by atoms with Gasteiger partial charge in [0.2, 0.25) is 0 Å². The molecule has 0 aromatic heterocycles. The molecule has 0 spiro atoms. The van der Waals surface area contributed by atoms with E-state index in [-0.39, 0.29) is 12.4 Å². The maximum Gasteiger partial charge on any atom is 0.501 e. The standard InChI is InChI=1S/C20H36N2O3Si.ClH/c1-5-22(17-19-12-10-9-11-13-19)15-14-20(16-21)18-26(23-6-2,24-7-3)25-8-4;/h5,9-13,20H,1,6-8,14-18,21H2,2-4H3;1H. The predicted octanol–water partition coefficient (Wildman–Crippen LogP) is 4.07. The number of hydrogen-bond acceptors (Lipinski definition) is 5. The zero-order valence-corrected chi connectivity index (χ0v) is 18.9. The highest BCUT2D eigenvalue weighted by atomic mass is 35.5. The normalized spacial score (nSPS) is 12.3. The van der Waals surface area contributed by atoms with Crippen LogP contribution in [0.25, 0.3) is 0 Å². The van der Waals surface area contributed by atoms with E-state index >= 15 is 0 Å². The van der Waals surface area contributed by atoms with Crippen LogP contribution in [0, 0.1) is 5.92 Å². The fraction of sp³-hybridized carbons (Fsp3) is 0.600. The average Bonchev–Trinajstić information content (AvgIpc) is 2.65. The van der Waals surface area contributed by atoms with Crippen molar-refractivity contribution in [3.63, 3.8) is 0 Å². The van der Waals surface area contributed by atoms with E-state index in [1.165, 1.54) is 5.56 Å². The molecule has 2 N–H and O–H groups in total. The fourth-order valence-electron chi connectivity index (χ4n) is 3.02. The van der Waals surface area contributed by atoms with Gasteiger partial charge in [-0.15, -0.1) is 12.4 Å². The van der Waals surface area contributed by atoms with Crippen LogP contribution < -0.4 is 5.73 Å². The third kappa shape index (κ3) is 9.74. The van der Waals surface area contributed by atoms with Gasteiger partial charge in [0.1, 0.15) is 0 Å². The SMILES string of the molecule is C=CN(CCC(CN)C[Si](OCC)(OCC)OCC)Cc1ccccc1.Cl. The summed E-state index contributed by atoms with van der Waals surface area (Å²) >= 11 is 0. The number of nitrogens with zero attached hydrogens (tertiary/aromatic N) is 1. The highest BCUT2D eigenvalue weighted by Crippen LogP contribution is 2.24. The molecule has 7 heteroatoms. The van der Waals surface area contributed by atoms with Crippen LogP contribution in [0.2, 0.25) is 6.04 Å². The summed E-state index contributed by atoms with van der Waals surface area (Å²) in [6, 6.07) is 11.2. The minimum Gasteiger partial charge on any atom is -0.374 e. The molecule has 1 unspecified atom stereocenters. The molecule has 0 aliphatic carbocycles. The second-order valence-electron chi connectivity index (χ2n) is 6.22. The summed E-state index contributed by atoms with van der Waals surface area (Å²) in [4.78, 5) is 2.23. The monoisotopic (exact) mass is 416 g/mol. The van der Waals surface area contributed by atoms with E-state index in [1.807, 2.05) is 33.0 Å². The molecule has 1 rings (SSSR count). The Morgan fingerprint density at radius 2 is 1.63 bits per heavy atom. The lowest BCUT2D eigenvalue weighted by molar-refractivity contribution is 0.0665. The van der Waals surface area contributed by atoms with Crippen molar-refractivity contribution in [2.45, 2.75) is 39.8 Å². The zero-order valence-electron chi connectivity index (χ0n) is 17.1. The molecule has 156 valence electrons. The summed E-state index contributed by atoms with van der Waals surface area (Å²) in [5, 5.41) is 0. The molecule has 0 radical (unpaired) electrons. The molecule has 5 nitrogen and oxygen atoms in total. The van der Waals surface area contributed by atoms with Crippen molar-refractivity contribution in [3.8, 4) is 0 Å². The molecule has 0 saturated carbocycles. The first-order valence-electron chi connectivity index (χ1n) is 9.65. The van der Waals surface area contributed by atoms with Crippen LogP contribution >= 0.6 is 12.4 Å². The largest absolute Gasteiger partial charge is 0.501 e. The van der Waals surface area contributed by atoms with Crippen molar-refractivity contribution in [1.82, 2.24) is 4.90 Å². The Morgan fingerprint density at radius 1 is 1.07 bits per heavy atom. The van der Waals surface area contributed by atoms with Crippen molar-refractivity contribution >= 4 is 21.2 Å². The van der Waals surface area contributed by atoms with Crippen molar-refractivity contribution < 1.29 is 13.3 Å². The molecule has 27 heavy (non-hydrogen) atoms. The Labute approximate surface area is 172 Å². The molecule has 1 aromatic carbocycles. The molecular formula is C20H37ClN2O3Si. The Hall–Kier alpha value is -0.893. The van der Waals surface area contributed by atoms with Crippen LogP contribution in [-0.2, 0) is 19.8 Å².